The number of nitrogens with one attached hydrogen (secondary N) is 2. The van der Waals surface area contributed by atoms with E-state index in [-0.39, 0.29) is 10.2 Å². The number of alkyl halides is 1. The van der Waals surface area contributed by atoms with Gasteiger partial charge in [-0.25, -0.2) is 13.8 Å². The van der Waals surface area contributed by atoms with E-state index in [1.807, 2.05) is 18.2 Å². The van der Waals surface area contributed by atoms with Gasteiger partial charge in [-0.3, -0.25) is 23.7 Å². The van der Waals surface area contributed by atoms with Gasteiger partial charge in [-0.2, -0.15) is 5.09 Å². The fourth-order valence-electron chi connectivity index (χ4n) is 4.26. The van der Waals surface area contributed by atoms with Gasteiger partial charge in [0.2, 0.25) is 0 Å². The number of carbonyl (C=O) groups is 1. The van der Waals surface area contributed by atoms with Crippen LogP contribution in [0.5, 0.6) is 5.75 Å². The molecule has 6 atom stereocenters. The van der Waals surface area contributed by atoms with Crippen molar-refractivity contribution in [1.29, 1.82) is 0 Å². The van der Waals surface area contributed by atoms with Gasteiger partial charge in [-0.1, -0.05) is 37.3 Å². The van der Waals surface area contributed by atoms with Crippen molar-refractivity contribution in [1.82, 2.24) is 14.6 Å². The predicted molar refractivity (Wildman–Crippen MR) is 150 cm³/mol. The van der Waals surface area contributed by atoms with E-state index in [4.69, 9.17) is 18.5 Å². The van der Waals surface area contributed by atoms with E-state index in [2.05, 4.69) is 26.0 Å². The second-order valence-corrected chi connectivity index (χ2v) is 12.5. The lowest BCUT2D eigenvalue weighted by atomic mass is 10.0. The zero-order chi connectivity index (χ0) is 30.1. The van der Waals surface area contributed by atoms with E-state index in [1.54, 1.807) is 32.0 Å². The average molecular weight is 658 g/mol. The number of nitrogens with zero attached hydrogens (tertiary/aromatic N) is 1. The van der Waals surface area contributed by atoms with Crippen molar-refractivity contribution < 1.29 is 37.4 Å². The fourth-order valence-corrected chi connectivity index (χ4v) is 6.07. The van der Waals surface area contributed by atoms with Gasteiger partial charge < -0.3 is 19.1 Å². The number of aliphatic hydroxyl groups excluding tert-OH is 1. The van der Waals surface area contributed by atoms with Crippen LogP contribution in [0.15, 0.2) is 62.7 Å². The van der Waals surface area contributed by atoms with Crippen LogP contribution in [0.25, 0.3) is 10.8 Å². The molecule has 1 aromatic heterocycles. The Balaban J connectivity index is 1.60. The van der Waals surface area contributed by atoms with Gasteiger partial charge in [-0.15, -0.1) is 0 Å². The van der Waals surface area contributed by atoms with Crippen molar-refractivity contribution >= 4 is 40.4 Å². The van der Waals surface area contributed by atoms with Gasteiger partial charge in [-0.05, 0) is 59.6 Å². The molecule has 15 heteroatoms. The maximum absolute atomic E-state index is 16.1. The molecule has 12 nitrogen and oxygen atoms in total. The van der Waals surface area contributed by atoms with Gasteiger partial charge in [0, 0.05) is 12.1 Å². The van der Waals surface area contributed by atoms with Crippen LogP contribution < -0.4 is 20.9 Å². The molecule has 1 aliphatic rings. The van der Waals surface area contributed by atoms with Gasteiger partial charge >= 0.3 is 19.4 Å². The molecule has 1 fully saturated rings. The Morgan fingerprint density at radius 1 is 1.24 bits per heavy atom. The molecule has 0 spiro atoms. The van der Waals surface area contributed by atoms with Crippen molar-refractivity contribution in [3.63, 3.8) is 0 Å². The van der Waals surface area contributed by atoms with E-state index in [0.717, 1.165) is 21.5 Å². The Bertz CT molecular complexity index is 1600. The number of aromatic nitrogens is 2. The number of halogens is 2. The lowest BCUT2D eigenvalue weighted by molar-refractivity contribution is -0.204. The summed E-state index contributed by atoms with van der Waals surface area (Å²) in [6.07, 6.45) is -2.55. The van der Waals surface area contributed by atoms with Crippen LogP contribution in [-0.4, -0.2) is 51.3 Å². The summed E-state index contributed by atoms with van der Waals surface area (Å²) in [5, 5.41) is 14.8. The fraction of sp³-hybridized carbons (Fsp3) is 0.423. The molecular formula is C26H30BrFN3O9P. The lowest BCUT2D eigenvalue weighted by Crippen LogP contribution is -2.42. The summed E-state index contributed by atoms with van der Waals surface area (Å²) in [4.78, 5) is 38.6. The van der Waals surface area contributed by atoms with Crippen molar-refractivity contribution in [2.45, 2.75) is 58.0 Å². The van der Waals surface area contributed by atoms with E-state index in [9.17, 15) is 24.1 Å². The maximum atomic E-state index is 16.1. The predicted octanol–water partition coefficient (Wildman–Crippen LogP) is 3.78. The summed E-state index contributed by atoms with van der Waals surface area (Å²) in [6.45, 7) is 4.96. The van der Waals surface area contributed by atoms with E-state index in [1.165, 1.54) is 19.9 Å². The molecular weight excluding hydrogens is 628 g/mol. The smallest absolute Gasteiger partial charge is 0.459 e. The van der Waals surface area contributed by atoms with E-state index in [0.29, 0.717) is 0 Å². The third-order valence-electron chi connectivity index (χ3n) is 6.34. The second-order valence-electron chi connectivity index (χ2n) is 9.95. The molecule has 0 radical (unpaired) electrons. The highest BCUT2D eigenvalue weighted by atomic mass is 79.9. The Kier molecular flexibility index (Phi) is 9.22. The minimum Gasteiger partial charge on any atom is -0.462 e. The van der Waals surface area contributed by atoms with Crippen LogP contribution >= 0.6 is 23.7 Å². The first-order valence-electron chi connectivity index (χ1n) is 12.7. The first-order chi connectivity index (χ1) is 19.2. The number of aromatic amines is 1. The lowest BCUT2D eigenvalue weighted by Gasteiger charge is -2.28. The zero-order valence-corrected chi connectivity index (χ0v) is 25.1. The summed E-state index contributed by atoms with van der Waals surface area (Å²) >= 11 is 3.00. The van der Waals surface area contributed by atoms with Gasteiger partial charge in [0.25, 0.3) is 11.4 Å². The highest BCUT2D eigenvalue weighted by Crippen LogP contribution is 2.49. The summed E-state index contributed by atoms with van der Waals surface area (Å²) in [6, 6.07) is 11.0. The molecule has 41 heavy (non-hydrogen) atoms. The first kappa shape index (κ1) is 31.1. The quantitative estimate of drug-likeness (QED) is 0.216. The van der Waals surface area contributed by atoms with Crippen LogP contribution in [0.3, 0.4) is 0 Å². The molecule has 0 saturated carbocycles. The number of rotatable bonds is 10. The Labute approximate surface area is 242 Å². The number of H-pyrrole nitrogens is 1. The number of benzene rings is 2. The number of esters is 1. The van der Waals surface area contributed by atoms with Crippen LogP contribution in [0.1, 0.15) is 33.9 Å². The molecule has 0 amide bonds. The van der Waals surface area contributed by atoms with Gasteiger partial charge in [0.05, 0.1) is 10.6 Å². The summed E-state index contributed by atoms with van der Waals surface area (Å²) < 4.78 is 52.6. The normalized spacial score (nSPS) is 24.7. The van der Waals surface area contributed by atoms with Crippen molar-refractivity contribution in [2.75, 3.05) is 6.61 Å². The molecule has 0 aliphatic carbocycles. The molecule has 6 unspecified atom stereocenters. The average Bonchev–Trinajstić information content (AvgIpc) is 3.13. The largest absolute Gasteiger partial charge is 0.462 e. The number of hydrogen-bond acceptors (Lipinski definition) is 9. The Morgan fingerprint density at radius 2 is 1.93 bits per heavy atom. The van der Waals surface area contributed by atoms with Crippen LogP contribution in [0, 0.1) is 5.92 Å². The zero-order valence-electron chi connectivity index (χ0n) is 22.6. The SMILES string of the molecule is CC(C)OC(=O)C(C)NP(=O)(OCC1(F)OC(n2cc(Br)c(=O)[nH]c2=O)C(C)C1O)Oc1ccc2ccccc2c1. The van der Waals surface area contributed by atoms with E-state index >= 15 is 4.39 Å². The highest BCUT2D eigenvalue weighted by Gasteiger charge is 2.56. The summed E-state index contributed by atoms with van der Waals surface area (Å²) in [5.74, 6) is -4.62. The van der Waals surface area contributed by atoms with Gasteiger partial charge in [0.1, 0.15) is 30.7 Å². The molecule has 1 aliphatic heterocycles. The molecule has 2 heterocycles. The van der Waals surface area contributed by atoms with Crippen LogP contribution in [-0.2, 0) is 23.4 Å². The standard InChI is InChI=1S/C26H30BrFN3O9P/c1-14(2)38-24(34)16(4)30-41(36,40-19-10-9-17-7-5-6-8-18(17)11-19)37-13-26(28)21(32)15(3)23(39-26)31-12-20(27)22(33)29-25(31)35/h5-12,14-16,21,23,32H,13H2,1-4H3,(H,30,36)(H,29,33,35). The number of ether oxygens (including phenoxy) is 2. The van der Waals surface area contributed by atoms with Gasteiger partial charge in [0.15, 0.2) is 0 Å². The molecule has 0 bridgehead atoms. The molecule has 2 aromatic carbocycles. The van der Waals surface area contributed by atoms with Crippen LogP contribution in [0.2, 0.25) is 0 Å². The summed E-state index contributed by atoms with van der Waals surface area (Å²) in [5.41, 5.74) is -1.59. The van der Waals surface area contributed by atoms with Crippen molar-refractivity contribution in [3.8, 4) is 5.75 Å². The minimum atomic E-state index is -4.54. The van der Waals surface area contributed by atoms with Crippen molar-refractivity contribution in [2.24, 2.45) is 5.92 Å². The first-order valence-corrected chi connectivity index (χ1v) is 15.0. The van der Waals surface area contributed by atoms with Crippen LogP contribution in [0.4, 0.5) is 4.39 Å². The topological polar surface area (TPSA) is 158 Å². The second kappa shape index (κ2) is 12.2. The number of carbonyl (C=O) groups excluding carboxylic acids is 1. The third kappa shape index (κ3) is 6.96. The highest BCUT2D eigenvalue weighted by molar-refractivity contribution is 9.10. The maximum Gasteiger partial charge on any atom is 0.459 e. The number of aliphatic hydroxyl groups is 1. The van der Waals surface area contributed by atoms with E-state index < -0.39 is 67.8 Å². The monoisotopic (exact) mass is 657 g/mol. The Morgan fingerprint density at radius 3 is 2.61 bits per heavy atom. The number of fused-ring (bicyclic) bond motifs is 1. The molecule has 222 valence electrons. The molecule has 1 saturated heterocycles. The van der Waals surface area contributed by atoms with Crippen molar-refractivity contribution in [3.05, 3.63) is 74.0 Å². The third-order valence-corrected chi connectivity index (χ3v) is 8.53. The number of hydrogen-bond donors (Lipinski definition) is 3. The minimum absolute atomic E-state index is 0.0187. The molecule has 4 rings (SSSR count). The Hall–Kier alpha value is -2.87. The molecule has 3 aromatic rings. The molecule has 3 N–H and O–H groups in total. The summed E-state index contributed by atoms with van der Waals surface area (Å²) in [7, 11) is -4.54.